The third kappa shape index (κ3) is 2.54. The van der Waals surface area contributed by atoms with Crippen molar-refractivity contribution < 1.29 is 4.79 Å². The Morgan fingerprint density at radius 3 is 2.83 bits per heavy atom. The lowest BCUT2D eigenvalue weighted by Gasteiger charge is -2.00. The smallest absolute Gasteiger partial charge is 0.151 e. The Morgan fingerprint density at radius 1 is 1.42 bits per heavy atom. The van der Waals surface area contributed by atoms with Crippen LogP contribution in [0.3, 0.4) is 0 Å². The van der Waals surface area contributed by atoms with Crippen molar-refractivity contribution in [2.45, 2.75) is 4.90 Å². The van der Waals surface area contributed by atoms with Crippen LogP contribution in [-0.2, 0) is 0 Å². The largest absolute Gasteiger partial charge is 0.298 e. The van der Waals surface area contributed by atoms with E-state index >= 15 is 0 Å². The second kappa shape index (κ2) is 5.22. The molecule has 0 spiro atoms. The average Bonchev–Trinajstić information content (AvgIpc) is 2.15. The lowest BCUT2D eigenvalue weighted by atomic mass is 10.2. The van der Waals surface area contributed by atoms with Gasteiger partial charge in [-0.3, -0.25) is 4.79 Å². The highest BCUT2D eigenvalue weighted by Crippen LogP contribution is 2.20. The maximum atomic E-state index is 10.5. The van der Waals surface area contributed by atoms with E-state index in [-0.39, 0.29) is 0 Å². The standard InChI is InChI=1S/C9H9ClOS/c10-5-6-12-9-4-2-1-3-8(9)7-11/h1-4,7H,5-6H2. The molecule has 0 aliphatic rings. The van der Waals surface area contributed by atoms with Crippen LogP contribution in [0.25, 0.3) is 0 Å². The van der Waals surface area contributed by atoms with Crippen LogP contribution >= 0.6 is 23.4 Å². The van der Waals surface area contributed by atoms with E-state index in [9.17, 15) is 4.79 Å². The summed E-state index contributed by atoms with van der Waals surface area (Å²) in [6.07, 6.45) is 0.872. The molecule has 0 heterocycles. The van der Waals surface area contributed by atoms with Crippen LogP contribution < -0.4 is 0 Å². The van der Waals surface area contributed by atoms with Crippen LogP contribution in [0.4, 0.5) is 0 Å². The average molecular weight is 201 g/mol. The molecule has 0 unspecified atom stereocenters. The highest BCUT2D eigenvalue weighted by molar-refractivity contribution is 7.99. The Labute approximate surface area is 81.1 Å². The molecule has 1 aromatic rings. The molecule has 0 aromatic heterocycles. The fourth-order valence-corrected chi connectivity index (χ4v) is 1.84. The molecule has 3 heteroatoms. The van der Waals surface area contributed by atoms with E-state index in [1.54, 1.807) is 11.8 Å². The number of hydrogen-bond donors (Lipinski definition) is 0. The summed E-state index contributed by atoms with van der Waals surface area (Å²) in [5.41, 5.74) is 0.743. The molecule has 0 radical (unpaired) electrons. The fraction of sp³-hybridized carbons (Fsp3) is 0.222. The highest BCUT2D eigenvalue weighted by atomic mass is 35.5. The van der Waals surface area contributed by atoms with Crippen LogP contribution in [0.1, 0.15) is 10.4 Å². The maximum Gasteiger partial charge on any atom is 0.151 e. The summed E-state index contributed by atoms with van der Waals surface area (Å²) in [6, 6.07) is 7.52. The summed E-state index contributed by atoms with van der Waals surface area (Å²) >= 11 is 7.15. The normalized spacial score (nSPS) is 9.75. The van der Waals surface area contributed by atoms with Gasteiger partial charge in [0, 0.05) is 22.1 Å². The molecular formula is C9H9ClOS. The molecule has 1 rings (SSSR count). The second-order valence-corrected chi connectivity index (χ2v) is 3.71. The van der Waals surface area contributed by atoms with Crippen LogP contribution in [-0.4, -0.2) is 17.9 Å². The molecule has 0 saturated heterocycles. The number of benzene rings is 1. The molecule has 0 aliphatic heterocycles. The van der Waals surface area contributed by atoms with E-state index in [2.05, 4.69) is 0 Å². The number of alkyl halides is 1. The number of hydrogen-bond acceptors (Lipinski definition) is 2. The number of thioether (sulfide) groups is 1. The predicted molar refractivity (Wildman–Crippen MR) is 53.3 cm³/mol. The van der Waals surface area contributed by atoms with E-state index in [0.29, 0.717) is 5.88 Å². The van der Waals surface area contributed by atoms with Gasteiger partial charge in [-0.2, -0.15) is 0 Å². The SMILES string of the molecule is O=Cc1ccccc1SCCCl. The summed E-state index contributed by atoms with van der Waals surface area (Å²) in [4.78, 5) is 11.6. The first-order valence-electron chi connectivity index (χ1n) is 3.61. The van der Waals surface area contributed by atoms with Crippen LogP contribution in [0, 0.1) is 0 Å². The van der Waals surface area contributed by atoms with Gasteiger partial charge in [0.25, 0.3) is 0 Å². The third-order valence-electron chi connectivity index (χ3n) is 1.38. The fourth-order valence-electron chi connectivity index (χ4n) is 0.858. The lowest BCUT2D eigenvalue weighted by Crippen LogP contribution is -1.86. The van der Waals surface area contributed by atoms with Crippen molar-refractivity contribution in [3.63, 3.8) is 0 Å². The molecule has 0 N–H and O–H groups in total. The summed E-state index contributed by atoms with van der Waals surface area (Å²) in [6.45, 7) is 0. The third-order valence-corrected chi connectivity index (χ3v) is 2.88. The van der Waals surface area contributed by atoms with Gasteiger partial charge < -0.3 is 0 Å². The van der Waals surface area contributed by atoms with Gasteiger partial charge in [-0.05, 0) is 6.07 Å². The Balaban J connectivity index is 2.75. The molecule has 12 heavy (non-hydrogen) atoms. The number of halogens is 1. The minimum Gasteiger partial charge on any atom is -0.298 e. The highest BCUT2D eigenvalue weighted by Gasteiger charge is 1.99. The summed E-state index contributed by atoms with van der Waals surface area (Å²) < 4.78 is 0. The van der Waals surface area contributed by atoms with E-state index in [1.807, 2.05) is 24.3 Å². The van der Waals surface area contributed by atoms with E-state index < -0.39 is 0 Å². The van der Waals surface area contributed by atoms with Gasteiger partial charge in [-0.1, -0.05) is 18.2 Å². The van der Waals surface area contributed by atoms with E-state index in [0.717, 1.165) is 22.5 Å². The first kappa shape index (κ1) is 9.62. The second-order valence-electron chi connectivity index (χ2n) is 2.19. The molecule has 64 valence electrons. The van der Waals surface area contributed by atoms with Crippen molar-refractivity contribution >= 4 is 29.6 Å². The van der Waals surface area contributed by atoms with E-state index in [1.165, 1.54) is 0 Å². The molecule has 1 aromatic carbocycles. The molecule has 0 aliphatic carbocycles. The number of aldehydes is 1. The Bertz CT molecular complexity index is 262. The quantitative estimate of drug-likeness (QED) is 0.423. The number of rotatable bonds is 4. The summed E-state index contributed by atoms with van der Waals surface area (Å²) in [5, 5.41) is 0. The van der Waals surface area contributed by atoms with Gasteiger partial charge in [0.05, 0.1) is 0 Å². The van der Waals surface area contributed by atoms with Crippen LogP contribution in [0.5, 0.6) is 0 Å². The van der Waals surface area contributed by atoms with Crippen LogP contribution in [0.2, 0.25) is 0 Å². The van der Waals surface area contributed by atoms with Gasteiger partial charge in [0.2, 0.25) is 0 Å². The van der Waals surface area contributed by atoms with Gasteiger partial charge in [0.15, 0.2) is 6.29 Å². The van der Waals surface area contributed by atoms with Gasteiger partial charge in [0.1, 0.15) is 0 Å². The van der Waals surface area contributed by atoms with Crippen molar-refractivity contribution in [3.8, 4) is 0 Å². The van der Waals surface area contributed by atoms with Crippen LogP contribution in [0.15, 0.2) is 29.2 Å². The zero-order valence-corrected chi connectivity index (χ0v) is 8.07. The molecule has 0 atom stereocenters. The summed E-state index contributed by atoms with van der Waals surface area (Å²) in [7, 11) is 0. The van der Waals surface area contributed by atoms with Gasteiger partial charge in [-0.15, -0.1) is 23.4 Å². The zero-order chi connectivity index (χ0) is 8.81. The topological polar surface area (TPSA) is 17.1 Å². The molecule has 0 amide bonds. The maximum absolute atomic E-state index is 10.5. The van der Waals surface area contributed by atoms with Crippen molar-refractivity contribution in [3.05, 3.63) is 29.8 Å². The Kier molecular flexibility index (Phi) is 4.19. The number of carbonyl (C=O) groups excluding carboxylic acids is 1. The monoisotopic (exact) mass is 200 g/mol. The van der Waals surface area contributed by atoms with Crippen molar-refractivity contribution in [1.82, 2.24) is 0 Å². The Morgan fingerprint density at radius 2 is 2.17 bits per heavy atom. The van der Waals surface area contributed by atoms with E-state index in [4.69, 9.17) is 11.6 Å². The zero-order valence-electron chi connectivity index (χ0n) is 6.50. The Hall–Kier alpha value is -0.470. The molecule has 0 bridgehead atoms. The molecule has 1 nitrogen and oxygen atoms in total. The van der Waals surface area contributed by atoms with Gasteiger partial charge >= 0.3 is 0 Å². The number of carbonyl (C=O) groups is 1. The lowest BCUT2D eigenvalue weighted by molar-refractivity contribution is 0.112. The van der Waals surface area contributed by atoms with Gasteiger partial charge in [-0.25, -0.2) is 0 Å². The minimum absolute atomic E-state index is 0.609. The predicted octanol–water partition coefficient (Wildman–Crippen LogP) is 2.83. The molecule has 0 saturated carbocycles. The summed E-state index contributed by atoms with van der Waals surface area (Å²) in [5.74, 6) is 1.45. The molecule has 0 fully saturated rings. The van der Waals surface area contributed by atoms with Crippen molar-refractivity contribution in [2.24, 2.45) is 0 Å². The van der Waals surface area contributed by atoms with Crippen molar-refractivity contribution in [2.75, 3.05) is 11.6 Å². The molecular weight excluding hydrogens is 192 g/mol. The first-order chi connectivity index (χ1) is 5.88. The van der Waals surface area contributed by atoms with Crippen molar-refractivity contribution in [1.29, 1.82) is 0 Å². The minimum atomic E-state index is 0.609. The first-order valence-corrected chi connectivity index (χ1v) is 5.13.